The van der Waals surface area contributed by atoms with Crippen molar-refractivity contribution in [2.75, 3.05) is 0 Å². The maximum atomic E-state index is 9.59. The molecule has 0 fully saturated rings. The van der Waals surface area contributed by atoms with Gasteiger partial charge in [0.25, 0.3) is 0 Å². The second-order valence-electron chi connectivity index (χ2n) is 11.6. The fraction of sp³-hybridized carbons (Fsp3) is 0.459. The molecule has 4 heteroatoms. The third-order valence-electron chi connectivity index (χ3n) is 8.87. The van der Waals surface area contributed by atoms with Crippen molar-refractivity contribution >= 4 is 11.4 Å². The first-order chi connectivity index (χ1) is 20.0. The van der Waals surface area contributed by atoms with Crippen molar-refractivity contribution in [2.24, 2.45) is 5.92 Å². The summed E-state index contributed by atoms with van der Waals surface area (Å²) in [7, 11) is 0. The predicted octanol–water partition coefficient (Wildman–Crippen LogP) is 9.78. The van der Waals surface area contributed by atoms with Crippen LogP contribution < -0.4 is 9.30 Å². The number of hydrogen-bond acceptors (Lipinski definition) is 2. The average molecular weight is 548 g/mol. The van der Waals surface area contributed by atoms with Gasteiger partial charge in [0.05, 0.1) is 5.57 Å². The van der Waals surface area contributed by atoms with Crippen molar-refractivity contribution in [2.45, 2.75) is 104 Å². The van der Waals surface area contributed by atoms with Gasteiger partial charge in [-0.15, -0.1) is 0 Å². The van der Waals surface area contributed by atoms with Crippen LogP contribution in [0.4, 0.5) is 0 Å². The lowest BCUT2D eigenvalue weighted by Crippen LogP contribution is -2.36. The van der Waals surface area contributed by atoms with Gasteiger partial charge >= 0.3 is 0 Å². The third-order valence-corrected chi connectivity index (χ3v) is 8.87. The molecule has 4 nitrogen and oxygen atoms in total. The molecule has 0 bridgehead atoms. The number of unbranched alkanes of at least 4 members (excludes halogenated alkanes) is 3. The Morgan fingerprint density at radius 3 is 2.07 bits per heavy atom. The van der Waals surface area contributed by atoms with Gasteiger partial charge in [-0.2, -0.15) is 5.26 Å². The summed E-state index contributed by atoms with van der Waals surface area (Å²) in [5.74, 6) is 4.55. The van der Waals surface area contributed by atoms with Crippen LogP contribution >= 0.6 is 0 Å². The van der Waals surface area contributed by atoms with Crippen molar-refractivity contribution in [3.8, 4) is 28.7 Å². The van der Waals surface area contributed by atoms with E-state index < -0.39 is 0 Å². The molecule has 41 heavy (non-hydrogen) atoms. The highest BCUT2D eigenvalue weighted by molar-refractivity contribution is 5.98. The Bertz CT molecular complexity index is 1400. The lowest BCUT2D eigenvalue weighted by molar-refractivity contribution is -0.703. The number of fused-ring (bicyclic) bond motifs is 2. The monoisotopic (exact) mass is 547 g/mol. The van der Waals surface area contributed by atoms with Gasteiger partial charge in [-0.3, -0.25) is 0 Å². The number of benzene rings is 2. The minimum Gasteiger partial charge on any atom is -0.762 e. The highest BCUT2D eigenvalue weighted by Crippen LogP contribution is 2.54. The Kier molecular flexibility index (Phi) is 10.6. The van der Waals surface area contributed by atoms with Crippen molar-refractivity contribution < 1.29 is 9.30 Å². The van der Waals surface area contributed by atoms with Crippen LogP contribution in [-0.2, 0) is 12.0 Å². The Hall–Kier alpha value is -3.67. The van der Waals surface area contributed by atoms with E-state index >= 15 is 0 Å². The van der Waals surface area contributed by atoms with Crippen LogP contribution in [0.15, 0.2) is 60.9 Å². The van der Waals surface area contributed by atoms with Crippen LogP contribution in [0.1, 0.15) is 109 Å². The van der Waals surface area contributed by atoms with Crippen molar-refractivity contribution in [3.05, 3.63) is 83.0 Å². The van der Waals surface area contributed by atoms with Crippen LogP contribution in [0.3, 0.4) is 0 Å². The molecule has 1 aromatic heterocycles. The van der Waals surface area contributed by atoms with Gasteiger partial charge in [-0.25, -0.2) is 10.4 Å². The molecule has 0 saturated carbocycles. The quantitative estimate of drug-likeness (QED) is 0.115. The topological polar surface area (TPSA) is 59.2 Å². The molecule has 0 amide bonds. The Morgan fingerprint density at radius 1 is 0.854 bits per heavy atom. The molecule has 1 atom stereocenters. The smallest absolute Gasteiger partial charge is 0.169 e. The molecule has 2 aromatic carbocycles. The fourth-order valence-electron chi connectivity index (χ4n) is 6.35. The molecule has 4 rings (SSSR count). The normalized spacial score (nSPS) is 13.7. The van der Waals surface area contributed by atoms with Crippen molar-refractivity contribution in [1.29, 1.82) is 5.26 Å². The number of aromatic nitrogens is 1. The minimum absolute atomic E-state index is 0.143. The molecule has 3 aromatic rings. The summed E-state index contributed by atoms with van der Waals surface area (Å²) in [6.45, 7) is 10.1. The summed E-state index contributed by atoms with van der Waals surface area (Å²) in [5.41, 5.74) is 5.30. The van der Waals surface area contributed by atoms with Gasteiger partial charge in [0, 0.05) is 34.6 Å². The summed E-state index contributed by atoms with van der Waals surface area (Å²) in [6, 6.07) is 19.0. The van der Waals surface area contributed by atoms with E-state index in [1.807, 2.05) is 18.2 Å². The van der Waals surface area contributed by atoms with E-state index in [1.54, 1.807) is 0 Å². The lowest BCUT2D eigenvalue weighted by atomic mass is 9.65. The van der Waals surface area contributed by atoms with Crippen LogP contribution in [0, 0.1) is 17.2 Å². The number of nitrogens with zero attached hydrogens (tertiary/aromatic N) is 3. The molecule has 0 spiro atoms. The lowest BCUT2D eigenvalue weighted by Gasteiger charge is -2.41. The zero-order valence-corrected chi connectivity index (χ0v) is 25.4. The maximum Gasteiger partial charge on any atom is 0.169 e. The highest BCUT2D eigenvalue weighted by atomic mass is 16.5. The molecular weight excluding hydrogens is 502 g/mol. The maximum absolute atomic E-state index is 9.59. The van der Waals surface area contributed by atoms with Gasteiger partial charge < -0.3 is 10.1 Å². The Morgan fingerprint density at radius 2 is 1.49 bits per heavy atom. The van der Waals surface area contributed by atoms with E-state index in [1.165, 1.54) is 42.4 Å². The second kappa shape index (κ2) is 14.3. The standard InChI is InChI=1S/C37H45N3O/c1-5-9-12-28(8-4)27-40-21-17-29(18-22-40)30-13-15-35-33(23-30)37(19-10-6-2,20-11-7-3)34-24-31(32(25-38)26-39)14-16-36(34)41-35/h13-18,21-24,28H,5-12,19-20,27H2,1-4H3. The average Bonchev–Trinajstić information content (AvgIpc) is 3.01. The van der Waals surface area contributed by atoms with E-state index in [9.17, 15) is 10.7 Å². The molecule has 0 aliphatic carbocycles. The van der Waals surface area contributed by atoms with Crippen molar-refractivity contribution in [3.63, 3.8) is 0 Å². The molecule has 0 N–H and O–H groups in total. The Balaban J connectivity index is 1.77. The molecular formula is C37H45N3O. The van der Waals surface area contributed by atoms with Crippen LogP contribution in [0.5, 0.6) is 11.5 Å². The largest absolute Gasteiger partial charge is 0.762 e. The highest BCUT2D eigenvalue weighted by Gasteiger charge is 2.41. The number of pyridine rings is 1. The molecule has 0 saturated heterocycles. The number of ether oxygens (including phenoxy) is 1. The first kappa shape index (κ1) is 30.3. The van der Waals surface area contributed by atoms with E-state index in [0.717, 1.165) is 62.1 Å². The molecule has 1 aliphatic heterocycles. The first-order valence-electron chi connectivity index (χ1n) is 15.7. The second-order valence-corrected chi connectivity index (χ2v) is 11.6. The first-order valence-corrected chi connectivity index (χ1v) is 15.7. The number of rotatable bonds is 14. The van der Waals surface area contributed by atoms with E-state index in [0.29, 0.717) is 11.5 Å². The molecule has 0 radical (unpaired) electrons. The zero-order chi connectivity index (χ0) is 29.2. The molecule has 2 heterocycles. The van der Waals surface area contributed by atoms with Gasteiger partial charge in [-0.1, -0.05) is 72.3 Å². The molecule has 214 valence electrons. The zero-order valence-electron chi connectivity index (χ0n) is 25.4. The summed E-state index contributed by atoms with van der Waals surface area (Å²) >= 11 is 0. The summed E-state index contributed by atoms with van der Waals surface area (Å²) < 4.78 is 8.84. The molecule has 1 aliphatic rings. The van der Waals surface area contributed by atoms with Gasteiger partial charge in [-0.05, 0) is 72.7 Å². The van der Waals surface area contributed by atoms with Crippen LogP contribution in [0.2, 0.25) is 0 Å². The number of nitriles is 1. The van der Waals surface area contributed by atoms with Gasteiger partial charge in [0.15, 0.2) is 18.9 Å². The fourth-order valence-corrected chi connectivity index (χ4v) is 6.35. The summed E-state index contributed by atoms with van der Waals surface area (Å²) in [6.07, 6.45) is 15.9. The summed E-state index contributed by atoms with van der Waals surface area (Å²) in [5, 5.41) is 19.2. The van der Waals surface area contributed by atoms with Crippen molar-refractivity contribution in [1.82, 2.24) is 0 Å². The predicted molar refractivity (Wildman–Crippen MR) is 169 cm³/mol. The number of allylic oxidation sites excluding steroid dienone is 1. The Labute approximate surface area is 247 Å². The van der Waals surface area contributed by atoms with Crippen LogP contribution in [-0.4, -0.2) is 5.87 Å². The van der Waals surface area contributed by atoms with Gasteiger partial charge in [0.1, 0.15) is 17.6 Å². The van der Waals surface area contributed by atoms with Crippen LogP contribution in [0.25, 0.3) is 22.1 Å². The third kappa shape index (κ3) is 6.64. The minimum atomic E-state index is -0.237. The van der Waals surface area contributed by atoms with E-state index in [-0.39, 0.29) is 11.0 Å². The number of hydrogen-bond donors (Lipinski definition) is 0. The van der Waals surface area contributed by atoms with Gasteiger partial charge in [0.2, 0.25) is 0 Å². The molecule has 1 unspecified atom stereocenters. The SMILES string of the molecule is CCCCC(CC)C[n+]1ccc(-c2ccc3c(c2)C(CCCC)(CCCC)c2cc(C(=C=[N-])C#N)ccc2O3)cc1. The van der Waals surface area contributed by atoms with E-state index in [4.69, 9.17) is 4.74 Å². The van der Waals surface area contributed by atoms with E-state index in [2.05, 4.69) is 86.9 Å². The summed E-state index contributed by atoms with van der Waals surface area (Å²) in [4.78, 5) is 0.